The number of aliphatic hydroxyl groups is 2. The molecule has 13 heteroatoms. The second-order valence-corrected chi connectivity index (χ2v) is 24.2. The Morgan fingerprint density at radius 2 is 1.05 bits per heavy atom. The van der Waals surface area contributed by atoms with Crippen molar-refractivity contribution >= 4 is 29.1 Å². The Hall–Kier alpha value is -3.19. The monoisotopic (exact) mass is 887 g/mol. The van der Waals surface area contributed by atoms with Crippen molar-refractivity contribution in [3.05, 3.63) is 12.4 Å². The first-order valence-corrected chi connectivity index (χ1v) is 25.0. The first-order chi connectivity index (χ1) is 29.6. The van der Waals surface area contributed by atoms with Crippen LogP contribution in [0.2, 0.25) is 0 Å². The molecule has 0 spiro atoms. The summed E-state index contributed by atoms with van der Waals surface area (Å²) >= 11 is 0. The smallest absolute Gasteiger partial charge is 0.222 e. The number of carbonyl (C=O) groups excluding carboxylic acids is 3. The normalized spacial score (nSPS) is 45.4. The van der Waals surface area contributed by atoms with Gasteiger partial charge >= 0.3 is 0 Å². The summed E-state index contributed by atoms with van der Waals surface area (Å²) < 4.78 is 0. The van der Waals surface area contributed by atoms with E-state index in [0.717, 1.165) is 88.4 Å². The number of hydrogen-bond acceptors (Lipinski definition) is 10. The molecule has 64 heavy (non-hydrogen) atoms. The summed E-state index contributed by atoms with van der Waals surface area (Å²) in [4.78, 5) is 40.8. The molecule has 0 aromatic carbocycles. The maximum Gasteiger partial charge on any atom is 0.222 e. The van der Waals surface area contributed by atoms with E-state index < -0.39 is 11.2 Å². The number of rotatable bonds is 7. The van der Waals surface area contributed by atoms with Crippen LogP contribution in [-0.4, -0.2) is 68.9 Å². The molecule has 8 aliphatic carbocycles. The summed E-state index contributed by atoms with van der Waals surface area (Å²) in [6.45, 7) is 15.7. The molecule has 2 aromatic rings. The van der Waals surface area contributed by atoms with Crippen LogP contribution >= 0.6 is 0 Å². The zero-order chi connectivity index (χ0) is 44.9. The highest BCUT2D eigenvalue weighted by molar-refractivity contribution is 5.87. The predicted octanol–water partition coefficient (Wildman–Crippen LogP) is 8.69. The van der Waals surface area contributed by atoms with Gasteiger partial charge in [-0.3, -0.25) is 14.4 Å². The molecule has 0 bridgehead atoms. The van der Waals surface area contributed by atoms with Gasteiger partial charge in [0, 0.05) is 18.8 Å². The van der Waals surface area contributed by atoms with E-state index >= 15 is 0 Å². The lowest BCUT2D eigenvalue weighted by atomic mass is 9.44. The fraction of sp³-hybridized carbons (Fsp3) is 0.863. The average molecular weight is 887 g/mol. The van der Waals surface area contributed by atoms with Gasteiger partial charge in [0.25, 0.3) is 0 Å². The fourth-order valence-corrected chi connectivity index (χ4v) is 17.4. The van der Waals surface area contributed by atoms with Crippen LogP contribution in [0.5, 0.6) is 0 Å². The van der Waals surface area contributed by atoms with Crippen molar-refractivity contribution in [2.75, 3.05) is 11.1 Å². The molecular weight excluding hydrogens is 805 g/mol. The van der Waals surface area contributed by atoms with Gasteiger partial charge in [-0.2, -0.15) is 19.8 Å². The largest absolute Gasteiger partial charge is 0.390 e. The quantitative estimate of drug-likeness (QED) is 0.209. The molecule has 8 fully saturated rings. The zero-order valence-electron chi connectivity index (χ0n) is 39.5. The molecule has 13 nitrogen and oxygen atoms in total. The van der Waals surface area contributed by atoms with Gasteiger partial charge in [-0.15, -0.1) is 10.2 Å². The maximum atomic E-state index is 13.4. The fourth-order valence-electron chi connectivity index (χ4n) is 17.4. The van der Waals surface area contributed by atoms with Crippen molar-refractivity contribution in [1.82, 2.24) is 30.0 Å². The number of nitrogen functional groups attached to an aromatic ring is 1. The highest BCUT2D eigenvalue weighted by atomic mass is 16.3. The third-order valence-electron chi connectivity index (χ3n) is 20.7. The van der Waals surface area contributed by atoms with Crippen molar-refractivity contribution in [1.29, 1.82) is 0 Å². The molecule has 356 valence electrons. The molecule has 8 saturated carbocycles. The lowest BCUT2D eigenvalue weighted by molar-refractivity contribution is -0.151. The van der Waals surface area contributed by atoms with E-state index in [1.54, 1.807) is 0 Å². The molecule has 1 amide bonds. The Labute approximate surface area is 382 Å². The van der Waals surface area contributed by atoms with E-state index in [-0.39, 0.29) is 60.7 Å². The van der Waals surface area contributed by atoms with Crippen LogP contribution in [0.1, 0.15) is 171 Å². The number of fused-ring (bicyclic) bond motifs is 10. The third-order valence-corrected chi connectivity index (χ3v) is 20.7. The lowest BCUT2D eigenvalue weighted by Crippen LogP contribution is -2.55. The van der Waals surface area contributed by atoms with Gasteiger partial charge in [0.15, 0.2) is 23.2 Å². The van der Waals surface area contributed by atoms with E-state index in [2.05, 4.69) is 53.4 Å². The Kier molecular flexibility index (Phi) is 12.5. The molecule has 10 rings (SSSR count). The van der Waals surface area contributed by atoms with E-state index in [4.69, 9.17) is 5.73 Å². The summed E-state index contributed by atoms with van der Waals surface area (Å²) in [5.41, 5.74) is 5.59. The number of aromatic nitrogens is 6. The van der Waals surface area contributed by atoms with Gasteiger partial charge in [0.05, 0.1) is 23.6 Å². The Morgan fingerprint density at radius 3 is 1.48 bits per heavy atom. The van der Waals surface area contributed by atoms with Gasteiger partial charge in [-0.25, -0.2) is 0 Å². The SMILES string of the molecule is C.CC(=O)Nc1cnn(CC(=O)[C@H]2CC[C@H]3[C@@H]4CC[C@@H]5C[C@](C)(O)CC[C@]5(C)[C@H]4CC[C@]23C)n1.C[C@@]1(O)CC[C@@]2(C)[C@H](CC[C@@H]3[C@@H]2CC[C@]2(C)[C@@H](C(=O)Cn4ncc(N)n4)CC[C@@H]32)C1. The summed E-state index contributed by atoms with van der Waals surface area (Å²) in [5, 5.41) is 40.7. The molecule has 0 saturated heterocycles. The van der Waals surface area contributed by atoms with Crippen molar-refractivity contribution in [3.63, 3.8) is 0 Å². The van der Waals surface area contributed by atoms with E-state index in [1.807, 2.05) is 13.8 Å². The van der Waals surface area contributed by atoms with Crippen molar-refractivity contribution < 1.29 is 24.6 Å². The highest BCUT2D eigenvalue weighted by Crippen LogP contribution is 2.70. The van der Waals surface area contributed by atoms with Crippen molar-refractivity contribution in [2.45, 2.75) is 196 Å². The van der Waals surface area contributed by atoms with Crippen LogP contribution in [-0.2, 0) is 27.5 Å². The molecule has 0 radical (unpaired) electrons. The minimum Gasteiger partial charge on any atom is -0.390 e. The lowest BCUT2D eigenvalue weighted by Gasteiger charge is -2.61. The molecule has 5 N–H and O–H groups in total. The summed E-state index contributed by atoms with van der Waals surface area (Å²) in [6, 6.07) is 0. The number of anilines is 2. The number of amides is 1. The average Bonchev–Trinajstić information content (AvgIpc) is 4.00. The van der Waals surface area contributed by atoms with Crippen LogP contribution in [0, 0.1) is 80.8 Å². The van der Waals surface area contributed by atoms with Gasteiger partial charge in [0.1, 0.15) is 13.1 Å². The number of nitrogens with zero attached hydrogens (tertiary/aromatic N) is 6. The number of ketones is 2. The van der Waals surface area contributed by atoms with E-state index in [9.17, 15) is 24.6 Å². The standard InChI is InChI=1S/C26H40N4O3.C24H38N4O2.CH4/c1-16(31)28-23-14-27-30(29-23)15-22(32)21-8-7-19-18-6-5-17-13-24(2,33)11-12-25(17,3)20(18)9-10-26(19,21)4;1-22(30)10-11-23(2)15(12-22)4-5-16-17-6-7-19(24(17,3)9-8-18(16)23)20(29)14-28-26-13-21(25)27-28;/h14,17-21,33H,5-13,15H2,1-4H3,(H,28,29,31);13,15-19,30H,4-12,14H2,1-3H3,(H2,25,27);1H4/t17-,18+,19+,20+,21-,24-,25+,26+;15-,16+,17+,18+,19-,22-,23+,24+;/m11./s1. The van der Waals surface area contributed by atoms with Crippen molar-refractivity contribution in [3.8, 4) is 0 Å². The summed E-state index contributed by atoms with van der Waals surface area (Å²) in [6.07, 6.45) is 23.1. The van der Waals surface area contributed by atoms with Crippen LogP contribution < -0.4 is 11.1 Å². The van der Waals surface area contributed by atoms with E-state index in [0.29, 0.717) is 52.1 Å². The number of Topliss-reactive ketones (excluding diaryl/α,β-unsaturated/α-hetero) is 2. The Morgan fingerprint density at radius 1 is 0.609 bits per heavy atom. The van der Waals surface area contributed by atoms with Gasteiger partial charge in [-0.1, -0.05) is 35.1 Å². The number of hydrogen-bond donors (Lipinski definition) is 4. The number of carbonyl (C=O) groups is 3. The molecule has 8 aliphatic rings. The minimum atomic E-state index is -0.495. The molecule has 2 aromatic heterocycles. The summed E-state index contributed by atoms with van der Waals surface area (Å²) in [7, 11) is 0. The third kappa shape index (κ3) is 8.20. The Bertz CT molecular complexity index is 2060. The molecule has 16 atom stereocenters. The van der Waals surface area contributed by atoms with Gasteiger partial charge in [0.2, 0.25) is 5.91 Å². The number of nitrogens with two attached hydrogens (primary N) is 1. The van der Waals surface area contributed by atoms with Gasteiger partial charge < -0.3 is 21.3 Å². The highest BCUT2D eigenvalue weighted by Gasteiger charge is 2.63. The zero-order valence-corrected chi connectivity index (χ0v) is 39.5. The molecule has 2 heterocycles. The topological polar surface area (TPSA) is 191 Å². The second kappa shape index (κ2) is 16.8. The maximum absolute atomic E-state index is 13.4. The van der Waals surface area contributed by atoms with Crippen LogP contribution in [0.3, 0.4) is 0 Å². The molecule has 0 unspecified atom stereocenters. The first kappa shape index (κ1) is 47.3. The molecular formula is C51H82N8O5. The first-order valence-electron chi connectivity index (χ1n) is 25.0. The second-order valence-electron chi connectivity index (χ2n) is 24.2. The van der Waals surface area contributed by atoms with Crippen LogP contribution in [0.4, 0.5) is 11.6 Å². The Balaban J connectivity index is 0.000000173. The van der Waals surface area contributed by atoms with Gasteiger partial charge in [-0.05, 0) is 198 Å². The molecule has 0 aliphatic heterocycles. The summed E-state index contributed by atoms with van der Waals surface area (Å²) in [5.74, 6) is 6.76. The minimum absolute atomic E-state index is 0. The van der Waals surface area contributed by atoms with Crippen LogP contribution in [0.25, 0.3) is 0 Å². The van der Waals surface area contributed by atoms with Crippen molar-refractivity contribution in [2.24, 2.45) is 80.8 Å². The van der Waals surface area contributed by atoms with Crippen LogP contribution in [0.15, 0.2) is 12.4 Å². The predicted molar refractivity (Wildman–Crippen MR) is 247 cm³/mol. The number of nitrogens with one attached hydrogen (secondary N) is 1. The van der Waals surface area contributed by atoms with E-state index in [1.165, 1.54) is 73.9 Å².